The van der Waals surface area contributed by atoms with Crippen LogP contribution in [0, 0.1) is 5.92 Å². The Balaban J connectivity index is 1.94. The highest BCUT2D eigenvalue weighted by Crippen LogP contribution is 2.39. The molecular formula is C19H22N4O5. The Morgan fingerprint density at radius 3 is 2.50 bits per heavy atom. The second-order valence-corrected chi connectivity index (χ2v) is 6.75. The molecule has 1 saturated carbocycles. The number of ether oxygens (including phenoxy) is 3. The Bertz CT molecular complexity index is 945. The molecule has 0 unspecified atom stereocenters. The lowest BCUT2D eigenvalue weighted by Gasteiger charge is -2.22. The lowest BCUT2D eigenvalue weighted by atomic mass is 10.2. The number of aromatic hydroxyl groups is 1. The first-order valence-electron chi connectivity index (χ1n) is 9.12. The van der Waals surface area contributed by atoms with Gasteiger partial charge in [0.25, 0.3) is 0 Å². The Labute approximate surface area is 161 Å². The van der Waals surface area contributed by atoms with Gasteiger partial charge >= 0.3 is 5.56 Å². The summed E-state index contributed by atoms with van der Waals surface area (Å²) >= 11 is 0. The van der Waals surface area contributed by atoms with Crippen LogP contribution in [0.4, 0.5) is 5.69 Å². The van der Waals surface area contributed by atoms with E-state index in [-0.39, 0.29) is 18.3 Å². The molecule has 9 heteroatoms. The third kappa shape index (κ3) is 3.23. The zero-order valence-corrected chi connectivity index (χ0v) is 15.8. The van der Waals surface area contributed by atoms with E-state index < -0.39 is 5.56 Å². The van der Waals surface area contributed by atoms with Gasteiger partial charge in [0.15, 0.2) is 18.8 Å². The topological polar surface area (TPSA) is 98.4 Å². The number of hydrogen-bond donors (Lipinski definition) is 1. The first-order chi connectivity index (χ1) is 13.6. The first kappa shape index (κ1) is 18.1. The van der Waals surface area contributed by atoms with Crippen molar-refractivity contribution in [2.24, 2.45) is 11.0 Å². The van der Waals surface area contributed by atoms with Crippen molar-refractivity contribution in [1.82, 2.24) is 9.55 Å². The van der Waals surface area contributed by atoms with Gasteiger partial charge in [-0.25, -0.2) is 5.01 Å². The Morgan fingerprint density at radius 1 is 1.21 bits per heavy atom. The Hall–Kier alpha value is -3.23. The number of hydrazone groups is 1. The molecule has 0 spiro atoms. The van der Waals surface area contributed by atoms with Crippen LogP contribution in [0.1, 0.15) is 25.1 Å². The van der Waals surface area contributed by atoms with E-state index in [1.54, 1.807) is 18.2 Å². The Morgan fingerprint density at radius 2 is 1.93 bits per heavy atom. The maximum absolute atomic E-state index is 12.7. The summed E-state index contributed by atoms with van der Waals surface area (Å²) in [5.41, 5.74) is -0.137. The number of nitrogens with zero attached hydrogens (tertiary/aromatic N) is 4. The van der Waals surface area contributed by atoms with Crippen molar-refractivity contribution >= 4 is 12.1 Å². The van der Waals surface area contributed by atoms with E-state index in [4.69, 9.17) is 14.2 Å². The lowest BCUT2D eigenvalue weighted by molar-refractivity contribution is 0.345. The van der Waals surface area contributed by atoms with Crippen LogP contribution in [-0.4, -0.2) is 42.0 Å². The van der Waals surface area contributed by atoms with Crippen molar-refractivity contribution in [3.8, 4) is 23.1 Å². The fourth-order valence-electron chi connectivity index (χ4n) is 3.31. The second kappa shape index (κ2) is 7.41. The van der Waals surface area contributed by atoms with Crippen LogP contribution in [0.3, 0.4) is 0 Å². The van der Waals surface area contributed by atoms with Crippen LogP contribution < -0.4 is 20.0 Å². The van der Waals surface area contributed by atoms with Crippen molar-refractivity contribution in [1.29, 1.82) is 0 Å². The van der Waals surface area contributed by atoms with Crippen LogP contribution in [-0.2, 0) is 11.2 Å². The maximum Gasteiger partial charge on any atom is 0.302 e. The van der Waals surface area contributed by atoms with Crippen LogP contribution in [0.15, 0.2) is 28.1 Å². The van der Waals surface area contributed by atoms with Crippen LogP contribution >= 0.6 is 0 Å². The van der Waals surface area contributed by atoms with E-state index in [9.17, 15) is 9.90 Å². The number of rotatable bonds is 7. The number of aromatic nitrogens is 2. The summed E-state index contributed by atoms with van der Waals surface area (Å²) in [7, 11) is 3.07. The van der Waals surface area contributed by atoms with Gasteiger partial charge in [0, 0.05) is 6.42 Å². The zero-order chi connectivity index (χ0) is 19.7. The quantitative estimate of drug-likeness (QED) is 0.777. The monoisotopic (exact) mass is 386 g/mol. The standard InChI is InChI=1S/C19H22N4O5/c1-26-13-4-3-5-14(27-2)16(13)23-15(9-8-12-6-7-12)21-18(24)17(19(23)25)22-11-28-10-20-22/h3-5,10,12,25H,6-9,11H2,1-2H3. The third-order valence-electron chi connectivity index (χ3n) is 4.93. The zero-order valence-electron chi connectivity index (χ0n) is 15.8. The highest BCUT2D eigenvalue weighted by molar-refractivity contribution is 5.65. The molecule has 1 N–H and O–H groups in total. The Kier molecular flexibility index (Phi) is 4.81. The lowest BCUT2D eigenvalue weighted by Crippen LogP contribution is -2.27. The van der Waals surface area contributed by atoms with Crippen molar-refractivity contribution in [2.75, 3.05) is 26.0 Å². The normalized spacial score (nSPS) is 15.6. The first-order valence-corrected chi connectivity index (χ1v) is 9.12. The fourth-order valence-corrected chi connectivity index (χ4v) is 3.31. The second-order valence-electron chi connectivity index (χ2n) is 6.75. The average Bonchev–Trinajstić information content (AvgIpc) is 3.38. The van der Waals surface area contributed by atoms with Gasteiger partial charge in [-0.3, -0.25) is 9.36 Å². The van der Waals surface area contributed by atoms with Gasteiger partial charge in [-0.05, 0) is 24.5 Å². The molecular weight excluding hydrogens is 364 g/mol. The van der Waals surface area contributed by atoms with E-state index in [1.165, 1.54) is 43.0 Å². The minimum Gasteiger partial charge on any atom is -0.494 e. The minimum absolute atomic E-state index is 0.0228. The van der Waals surface area contributed by atoms with E-state index in [1.807, 2.05) is 0 Å². The number of aryl methyl sites for hydroxylation is 1. The van der Waals surface area contributed by atoms with Gasteiger partial charge in [0.05, 0.1) is 14.2 Å². The molecule has 1 aromatic carbocycles. The van der Waals surface area contributed by atoms with Gasteiger partial charge in [-0.1, -0.05) is 18.9 Å². The maximum atomic E-state index is 12.7. The summed E-state index contributed by atoms with van der Waals surface area (Å²) in [5.74, 6) is 1.78. The highest BCUT2D eigenvalue weighted by Gasteiger charge is 2.29. The molecule has 1 fully saturated rings. The summed E-state index contributed by atoms with van der Waals surface area (Å²) in [4.78, 5) is 17.0. The van der Waals surface area contributed by atoms with Gasteiger partial charge in [0.1, 0.15) is 23.0 Å². The highest BCUT2D eigenvalue weighted by atomic mass is 16.5. The molecule has 0 saturated heterocycles. The van der Waals surface area contributed by atoms with Crippen LogP contribution in [0.5, 0.6) is 17.4 Å². The van der Waals surface area contributed by atoms with Crippen LogP contribution in [0.25, 0.3) is 5.69 Å². The molecule has 2 heterocycles. The number of benzene rings is 1. The predicted octanol–water partition coefficient (Wildman–Crippen LogP) is 2.04. The van der Waals surface area contributed by atoms with Crippen molar-refractivity contribution in [3.63, 3.8) is 0 Å². The molecule has 2 aliphatic rings. The summed E-state index contributed by atoms with van der Waals surface area (Å²) < 4.78 is 17.6. The number of anilines is 1. The predicted molar refractivity (Wildman–Crippen MR) is 103 cm³/mol. The summed E-state index contributed by atoms with van der Waals surface area (Å²) in [6, 6.07) is 5.31. The average molecular weight is 386 g/mol. The summed E-state index contributed by atoms with van der Waals surface area (Å²) in [5, 5.41) is 16.4. The smallest absolute Gasteiger partial charge is 0.302 e. The van der Waals surface area contributed by atoms with Crippen molar-refractivity contribution < 1.29 is 19.3 Å². The van der Waals surface area contributed by atoms with Gasteiger partial charge < -0.3 is 19.3 Å². The van der Waals surface area contributed by atoms with Gasteiger partial charge in [-0.2, -0.15) is 4.98 Å². The minimum atomic E-state index is -0.559. The van der Waals surface area contributed by atoms with Crippen LogP contribution in [0.2, 0.25) is 0 Å². The molecule has 1 aliphatic carbocycles. The number of methoxy groups -OCH3 is 2. The summed E-state index contributed by atoms with van der Waals surface area (Å²) in [6.45, 7) is 0.0228. The SMILES string of the molecule is COc1cccc(OC)c1-n1c(CCC2CC2)nc(=O)c(N2COC=N2)c1O. The molecule has 0 atom stereocenters. The third-order valence-corrected chi connectivity index (χ3v) is 4.93. The molecule has 1 aliphatic heterocycles. The van der Waals surface area contributed by atoms with E-state index in [2.05, 4.69) is 10.1 Å². The van der Waals surface area contributed by atoms with E-state index in [0.717, 1.165) is 6.42 Å². The number of hydrogen-bond acceptors (Lipinski definition) is 8. The largest absolute Gasteiger partial charge is 0.494 e. The molecule has 28 heavy (non-hydrogen) atoms. The molecule has 2 aromatic rings. The fraction of sp³-hybridized carbons (Fsp3) is 0.421. The van der Waals surface area contributed by atoms with Gasteiger partial charge in [-0.15, -0.1) is 5.10 Å². The van der Waals surface area contributed by atoms with E-state index >= 15 is 0 Å². The summed E-state index contributed by atoms with van der Waals surface area (Å²) in [6.07, 6.45) is 5.04. The van der Waals surface area contributed by atoms with Gasteiger partial charge in [0.2, 0.25) is 5.88 Å². The van der Waals surface area contributed by atoms with E-state index in [0.29, 0.717) is 35.3 Å². The number of para-hydroxylation sites is 1. The van der Waals surface area contributed by atoms with Crippen molar-refractivity contribution in [3.05, 3.63) is 34.4 Å². The molecule has 0 radical (unpaired) electrons. The molecule has 0 amide bonds. The molecule has 0 bridgehead atoms. The molecule has 9 nitrogen and oxygen atoms in total. The molecule has 4 rings (SSSR count). The molecule has 148 valence electrons. The van der Waals surface area contributed by atoms with Crippen molar-refractivity contribution in [2.45, 2.75) is 25.7 Å². The molecule has 1 aromatic heterocycles.